The number of nitrogens with zero attached hydrogens (tertiary/aromatic N) is 1. The lowest BCUT2D eigenvalue weighted by Gasteiger charge is -2.07. The molecule has 0 aliphatic rings. The van der Waals surface area contributed by atoms with Crippen LogP contribution in [0.4, 0.5) is 5.69 Å². The molecule has 0 aliphatic carbocycles. The van der Waals surface area contributed by atoms with Crippen molar-refractivity contribution in [1.82, 2.24) is 0 Å². The smallest absolute Gasteiger partial charge is 0.258 e. The minimum absolute atomic E-state index is 0.116. The molecule has 1 rings (SSSR count). The van der Waals surface area contributed by atoms with Crippen LogP contribution in [0.5, 0.6) is 0 Å². The average molecular weight is 203 g/mol. The fourth-order valence-electron chi connectivity index (χ4n) is 1.58. The van der Waals surface area contributed by atoms with Gasteiger partial charge in [0.1, 0.15) is 0 Å². The summed E-state index contributed by atoms with van der Waals surface area (Å²) in [6, 6.07) is 5.18. The van der Waals surface area contributed by atoms with Gasteiger partial charge in [0, 0.05) is 11.6 Å². The lowest BCUT2D eigenvalue weighted by Crippen LogP contribution is -1.99. The van der Waals surface area contributed by atoms with Crippen molar-refractivity contribution in [3.05, 3.63) is 39.4 Å². The van der Waals surface area contributed by atoms with Crippen molar-refractivity contribution in [3.63, 3.8) is 0 Å². The molecule has 0 spiro atoms. The molecule has 3 nitrogen and oxygen atoms in total. The lowest BCUT2D eigenvalue weighted by molar-refractivity contribution is -0.385. The molecule has 1 aromatic rings. The molecule has 0 bridgehead atoms. The van der Waals surface area contributed by atoms with Crippen molar-refractivity contribution in [2.75, 3.05) is 0 Å². The highest BCUT2D eigenvalue weighted by atomic mass is 16.6. The third-order valence-corrected chi connectivity index (χ3v) is 2.20. The highest BCUT2D eigenvalue weighted by Gasteiger charge is 2.12. The monoisotopic (exact) mass is 203 g/mol. The van der Waals surface area contributed by atoms with Crippen molar-refractivity contribution < 1.29 is 4.92 Å². The van der Waals surface area contributed by atoms with Gasteiger partial charge in [-0.25, -0.2) is 0 Å². The van der Waals surface area contributed by atoms with Crippen LogP contribution < -0.4 is 0 Å². The van der Waals surface area contributed by atoms with E-state index in [2.05, 4.69) is 13.8 Å². The second kappa shape index (κ2) is 4.96. The second-order valence-corrected chi connectivity index (χ2v) is 4.02. The molecular formula is C11H14BNO2. The van der Waals surface area contributed by atoms with Gasteiger partial charge in [-0.05, 0) is 24.0 Å². The van der Waals surface area contributed by atoms with Gasteiger partial charge in [-0.15, -0.1) is 0 Å². The SMILES string of the molecule is [B]Cc1cc(CC(C)C)ccc1[N+](=O)[O-]. The lowest BCUT2D eigenvalue weighted by atomic mass is 9.92. The standard InChI is InChI=1S/C11H14BNO2/c1-8(2)5-9-3-4-11(13(14)15)10(6-9)7-12/h3-4,6,8H,5,7H2,1-2H3. The van der Waals surface area contributed by atoms with E-state index in [1.807, 2.05) is 6.07 Å². The summed E-state index contributed by atoms with van der Waals surface area (Å²) >= 11 is 0. The Balaban J connectivity index is 3.02. The zero-order valence-electron chi connectivity index (χ0n) is 9.06. The Bertz CT molecular complexity index is 364. The molecule has 4 heteroatoms. The van der Waals surface area contributed by atoms with Crippen LogP contribution in [0.15, 0.2) is 18.2 Å². The van der Waals surface area contributed by atoms with Crippen LogP contribution in [0, 0.1) is 16.0 Å². The molecular weight excluding hydrogens is 189 g/mol. The second-order valence-electron chi connectivity index (χ2n) is 4.02. The van der Waals surface area contributed by atoms with E-state index in [-0.39, 0.29) is 16.9 Å². The quantitative estimate of drug-likeness (QED) is 0.428. The van der Waals surface area contributed by atoms with Crippen LogP contribution in [-0.2, 0) is 12.7 Å². The molecule has 0 unspecified atom stereocenters. The van der Waals surface area contributed by atoms with Crippen LogP contribution in [0.1, 0.15) is 25.0 Å². The van der Waals surface area contributed by atoms with Crippen molar-refractivity contribution in [1.29, 1.82) is 0 Å². The largest absolute Gasteiger partial charge is 0.271 e. The predicted octanol–water partition coefficient (Wildman–Crippen LogP) is 2.46. The number of benzene rings is 1. The molecule has 0 saturated heterocycles. The fourth-order valence-corrected chi connectivity index (χ4v) is 1.58. The predicted molar refractivity (Wildman–Crippen MR) is 61.1 cm³/mol. The van der Waals surface area contributed by atoms with E-state index in [4.69, 9.17) is 7.85 Å². The zero-order chi connectivity index (χ0) is 11.4. The van der Waals surface area contributed by atoms with Gasteiger partial charge in [-0.2, -0.15) is 0 Å². The molecule has 15 heavy (non-hydrogen) atoms. The van der Waals surface area contributed by atoms with Crippen molar-refractivity contribution in [2.45, 2.75) is 26.6 Å². The van der Waals surface area contributed by atoms with Crippen LogP contribution in [0.25, 0.3) is 0 Å². The van der Waals surface area contributed by atoms with Gasteiger partial charge >= 0.3 is 0 Å². The van der Waals surface area contributed by atoms with Crippen LogP contribution in [0.2, 0.25) is 0 Å². The first-order chi connectivity index (χ1) is 7.04. The summed E-state index contributed by atoms with van der Waals surface area (Å²) < 4.78 is 0. The Labute approximate surface area is 91.1 Å². The van der Waals surface area contributed by atoms with Gasteiger partial charge in [-0.1, -0.05) is 26.2 Å². The topological polar surface area (TPSA) is 43.1 Å². The van der Waals surface area contributed by atoms with Gasteiger partial charge in [-0.3, -0.25) is 10.1 Å². The van der Waals surface area contributed by atoms with E-state index in [1.165, 1.54) is 0 Å². The number of nitro groups is 1. The molecule has 2 radical (unpaired) electrons. The molecule has 0 heterocycles. The maximum atomic E-state index is 10.7. The summed E-state index contributed by atoms with van der Waals surface area (Å²) in [6.07, 6.45) is 1.13. The van der Waals surface area contributed by atoms with Crippen molar-refractivity contribution in [2.24, 2.45) is 5.92 Å². The van der Waals surface area contributed by atoms with E-state index < -0.39 is 0 Å². The first-order valence-corrected chi connectivity index (χ1v) is 5.01. The van der Waals surface area contributed by atoms with Crippen LogP contribution in [-0.4, -0.2) is 12.8 Å². The molecule has 0 amide bonds. The summed E-state index contributed by atoms with van der Waals surface area (Å²) in [4.78, 5) is 10.3. The number of rotatable bonds is 4. The Hall–Kier alpha value is -1.32. The summed E-state index contributed by atoms with van der Waals surface area (Å²) in [5, 5.41) is 10.7. The zero-order valence-corrected chi connectivity index (χ0v) is 9.06. The summed E-state index contributed by atoms with van der Waals surface area (Å²) in [5.41, 5.74) is 1.83. The first kappa shape index (κ1) is 11.8. The molecule has 78 valence electrons. The highest BCUT2D eigenvalue weighted by molar-refractivity contribution is 6.08. The molecule has 0 fully saturated rings. The van der Waals surface area contributed by atoms with Crippen LogP contribution in [0.3, 0.4) is 0 Å². The summed E-state index contributed by atoms with van der Waals surface area (Å²) in [7, 11) is 5.48. The Morgan fingerprint density at radius 2 is 2.13 bits per heavy atom. The van der Waals surface area contributed by atoms with Gasteiger partial charge in [0.2, 0.25) is 0 Å². The number of hydrogen-bond donors (Lipinski definition) is 0. The maximum Gasteiger partial charge on any atom is 0.271 e. The van der Waals surface area contributed by atoms with Crippen molar-refractivity contribution in [3.8, 4) is 0 Å². The number of nitro benzene ring substituents is 1. The van der Waals surface area contributed by atoms with Gasteiger partial charge in [0.05, 0.1) is 12.8 Å². The van der Waals surface area contributed by atoms with E-state index >= 15 is 0 Å². The van der Waals surface area contributed by atoms with Crippen molar-refractivity contribution >= 4 is 13.5 Å². The van der Waals surface area contributed by atoms with Gasteiger partial charge < -0.3 is 0 Å². The Kier molecular flexibility index (Phi) is 3.89. The summed E-state index contributed by atoms with van der Waals surface area (Å²) in [5.74, 6) is 0.539. The minimum Gasteiger partial charge on any atom is -0.258 e. The average Bonchev–Trinajstić information content (AvgIpc) is 2.16. The Morgan fingerprint density at radius 1 is 1.47 bits per heavy atom. The Morgan fingerprint density at radius 3 is 2.60 bits per heavy atom. The fraction of sp³-hybridized carbons (Fsp3) is 0.455. The molecule has 0 aliphatic heterocycles. The van der Waals surface area contributed by atoms with E-state index in [9.17, 15) is 10.1 Å². The molecule has 0 N–H and O–H groups in total. The van der Waals surface area contributed by atoms with Gasteiger partial charge in [0.15, 0.2) is 0 Å². The molecule has 1 aromatic carbocycles. The number of hydrogen-bond acceptors (Lipinski definition) is 2. The maximum absolute atomic E-state index is 10.7. The van der Waals surface area contributed by atoms with Crippen LogP contribution >= 0.6 is 0 Å². The third kappa shape index (κ3) is 3.08. The highest BCUT2D eigenvalue weighted by Crippen LogP contribution is 2.21. The molecule has 0 saturated carbocycles. The first-order valence-electron chi connectivity index (χ1n) is 5.01. The summed E-state index contributed by atoms with van der Waals surface area (Å²) in [6.45, 7) is 4.23. The van der Waals surface area contributed by atoms with E-state index in [0.29, 0.717) is 11.5 Å². The molecule has 0 atom stereocenters. The molecule has 0 aromatic heterocycles. The normalized spacial score (nSPS) is 10.6. The van der Waals surface area contributed by atoms with Gasteiger partial charge in [0.25, 0.3) is 5.69 Å². The van der Waals surface area contributed by atoms with E-state index in [1.54, 1.807) is 12.1 Å². The van der Waals surface area contributed by atoms with E-state index in [0.717, 1.165) is 12.0 Å². The minimum atomic E-state index is -0.388. The third-order valence-electron chi connectivity index (χ3n) is 2.20.